The van der Waals surface area contributed by atoms with E-state index in [0.29, 0.717) is 0 Å². The molecule has 0 saturated carbocycles. The summed E-state index contributed by atoms with van der Waals surface area (Å²) in [6.45, 7) is 1.63. The summed E-state index contributed by atoms with van der Waals surface area (Å²) >= 11 is 0. The molecule has 0 bridgehead atoms. The van der Waals surface area contributed by atoms with Gasteiger partial charge in [0.25, 0.3) is 11.4 Å². The molecule has 0 spiro atoms. The summed E-state index contributed by atoms with van der Waals surface area (Å²) in [5.74, 6) is -1.12. The first-order valence-corrected chi connectivity index (χ1v) is 5.68. The summed E-state index contributed by atoms with van der Waals surface area (Å²) in [5.41, 5.74) is -0.895. The number of rotatable bonds is 6. The number of anilines is 1. The highest BCUT2D eigenvalue weighted by Crippen LogP contribution is 2.32. The topological polar surface area (TPSA) is 127 Å². The molecule has 0 radical (unpaired) electrons. The van der Waals surface area contributed by atoms with Crippen molar-refractivity contribution < 1.29 is 19.7 Å². The fourth-order valence-corrected chi connectivity index (χ4v) is 1.85. The molecule has 1 N–H and O–H groups in total. The zero-order valence-corrected chi connectivity index (χ0v) is 10.8. The Morgan fingerprint density at radius 1 is 1.35 bits per heavy atom. The molecular weight excluding hydrogens is 270 g/mol. The molecule has 0 heterocycles. The maximum absolute atomic E-state index is 11.1. The molecule has 0 saturated heterocycles. The van der Waals surface area contributed by atoms with Crippen molar-refractivity contribution in [2.24, 2.45) is 0 Å². The lowest BCUT2D eigenvalue weighted by Crippen LogP contribution is -2.38. The average molecular weight is 283 g/mol. The van der Waals surface area contributed by atoms with E-state index in [1.54, 1.807) is 6.92 Å². The molecule has 1 unspecified atom stereocenters. The van der Waals surface area contributed by atoms with Gasteiger partial charge >= 0.3 is 5.97 Å². The molecule has 0 aliphatic rings. The smallest absolute Gasteiger partial charge is 0.326 e. The molecule has 9 heteroatoms. The SMILES string of the molecule is CCC(C(=O)O)N(C)c1ccc([N+](=O)[O-])cc1[N+](=O)[O-]. The number of hydrogen-bond donors (Lipinski definition) is 1. The van der Waals surface area contributed by atoms with Crippen molar-refractivity contribution in [1.82, 2.24) is 0 Å². The molecule has 1 aromatic carbocycles. The Hall–Kier alpha value is -2.71. The lowest BCUT2D eigenvalue weighted by atomic mass is 10.1. The summed E-state index contributed by atoms with van der Waals surface area (Å²) in [4.78, 5) is 32.4. The van der Waals surface area contributed by atoms with Gasteiger partial charge in [-0.25, -0.2) is 4.79 Å². The van der Waals surface area contributed by atoms with Crippen molar-refractivity contribution in [3.8, 4) is 0 Å². The summed E-state index contributed by atoms with van der Waals surface area (Å²) in [7, 11) is 1.40. The van der Waals surface area contributed by atoms with Crippen LogP contribution in [0, 0.1) is 20.2 Å². The molecule has 1 rings (SSSR count). The van der Waals surface area contributed by atoms with E-state index in [2.05, 4.69) is 0 Å². The number of nitrogens with zero attached hydrogens (tertiary/aromatic N) is 3. The second-order valence-corrected chi connectivity index (χ2v) is 4.06. The van der Waals surface area contributed by atoms with E-state index in [9.17, 15) is 25.0 Å². The summed E-state index contributed by atoms with van der Waals surface area (Å²) in [6.07, 6.45) is 0.236. The van der Waals surface area contributed by atoms with E-state index in [1.807, 2.05) is 0 Å². The van der Waals surface area contributed by atoms with Gasteiger partial charge in [0, 0.05) is 13.1 Å². The van der Waals surface area contributed by atoms with Gasteiger partial charge in [-0.05, 0) is 12.5 Å². The van der Waals surface area contributed by atoms with Crippen molar-refractivity contribution in [2.75, 3.05) is 11.9 Å². The standard InChI is InChI=1S/C11H13N3O6/c1-3-8(11(15)16)12(2)9-5-4-7(13(17)18)6-10(9)14(19)20/h4-6,8H,3H2,1-2H3,(H,15,16). The lowest BCUT2D eigenvalue weighted by Gasteiger charge is -2.25. The molecule has 0 aromatic heterocycles. The van der Waals surface area contributed by atoms with Gasteiger partial charge in [-0.3, -0.25) is 20.2 Å². The molecule has 0 aliphatic carbocycles. The van der Waals surface area contributed by atoms with E-state index >= 15 is 0 Å². The van der Waals surface area contributed by atoms with Crippen molar-refractivity contribution in [2.45, 2.75) is 19.4 Å². The van der Waals surface area contributed by atoms with E-state index < -0.39 is 33.2 Å². The first-order valence-electron chi connectivity index (χ1n) is 5.68. The zero-order valence-electron chi connectivity index (χ0n) is 10.8. The highest BCUT2D eigenvalue weighted by molar-refractivity contribution is 5.80. The predicted molar refractivity (Wildman–Crippen MR) is 69.9 cm³/mol. The van der Waals surface area contributed by atoms with Gasteiger partial charge in [0.15, 0.2) is 0 Å². The molecule has 1 atom stereocenters. The van der Waals surface area contributed by atoms with Crippen molar-refractivity contribution in [1.29, 1.82) is 0 Å². The van der Waals surface area contributed by atoms with E-state index in [1.165, 1.54) is 18.0 Å². The van der Waals surface area contributed by atoms with Crippen LogP contribution in [0.3, 0.4) is 0 Å². The monoisotopic (exact) mass is 283 g/mol. The fraction of sp³-hybridized carbons (Fsp3) is 0.364. The number of nitro groups is 2. The average Bonchev–Trinajstić information content (AvgIpc) is 2.37. The normalized spacial score (nSPS) is 11.7. The van der Waals surface area contributed by atoms with Crippen LogP contribution < -0.4 is 4.90 Å². The Bertz CT molecular complexity index is 559. The largest absolute Gasteiger partial charge is 0.480 e. The molecule has 108 valence electrons. The van der Waals surface area contributed by atoms with Crippen molar-refractivity contribution in [3.05, 3.63) is 38.4 Å². The predicted octanol–water partition coefficient (Wildman–Crippen LogP) is 1.80. The number of benzene rings is 1. The van der Waals surface area contributed by atoms with Crippen LogP contribution in [-0.2, 0) is 4.79 Å². The van der Waals surface area contributed by atoms with E-state index in [4.69, 9.17) is 5.11 Å². The molecule has 1 aromatic rings. The Balaban J connectivity index is 3.33. The number of carbonyl (C=O) groups is 1. The van der Waals surface area contributed by atoms with Gasteiger partial charge in [-0.15, -0.1) is 0 Å². The lowest BCUT2D eigenvalue weighted by molar-refractivity contribution is -0.393. The zero-order chi connectivity index (χ0) is 15.4. The van der Waals surface area contributed by atoms with Crippen molar-refractivity contribution >= 4 is 23.0 Å². The number of carboxylic acid groups (broad SMARTS) is 1. The van der Waals surface area contributed by atoms with Crippen molar-refractivity contribution in [3.63, 3.8) is 0 Å². The summed E-state index contributed by atoms with van der Waals surface area (Å²) in [5, 5.41) is 30.7. The third-order valence-corrected chi connectivity index (χ3v) is 2.89. The molecule has 9 nitrogen and oxygen atoms in total. The molecule has 0 fully saturated rings. The van der Waals surface area contributed by atoms with Gasteiger partial charge < -0.3 is 10.0 Å². The summed E-state index contributed by atoms with van der Waals surface area (Å²) < 4.78 is 0. The van der Waals surface area contributed by atoms with Crippen LogP contribution in [0.2, 0.25) is 0 Å². The molecular formula is C11H13N3O6. The minimum atomic E-state index is -1.12. The van der Waals surface area contributed by atoms with Gasteiger partial charge in [0.05, 0.1) is 15.9 Å². The van der Waals surface area contributed by atoms with Gasteiger partial charge in [-0.1, -0.05) is 6.92 Å². The van der Waals surface area contributed by atoms with Gasteiger partial charge in [0.1, 0.15) is 11.7 Å². The van der Waals surface area contributed by atoms with E-state index in [-0.39, 0.29) is 12.1 Å². The van der Waals surface area contributed by atoms with E-state index in [0.717, 1.165) is 12.1 Å². The maximum Gasteiger partial charge on any atom is 0.326 e. The molecule has 0 amide bonds. The number of carboxylic acids is 1. The van der Waals surface area contributed by atoms with Crippen LogP contribution in [0.25, 0.3) is 0 Å². The number of hydrogen-bond acceptors (Lipinski definition) is 6. The second-order valence-electron chi connectivity index (χ2n) is 4.06. The fourth-order valence-electron chi connectivity index (χ4n) is 1.85. The second kappa shape index (κ2) is 5.95. The molecule has 20 heavy (non-hydrogen) atoms. The number of nitro benzene ring substituents is 2. The third kappa shape index (κ3) is 2.99. The first kappa shape index (κ1) is 15.3. The van der Waals surface area contributed by atoms with Crippen LogP contribution in [0.15, 0.2) is 18.2 Å². The number of non-ortho nitro benzene ring substituents is 1. The Kier molecular flexibility index (Phi) is 4.57. The van der Waals surface area contributed by atoms with Crippen LogP contribution >= 0.6 is 0 Å². The van der Waals surface area contributed by atoms with Crippen LogP contribution in [0.4, 0.5) is 17.1 Å². The summed E-state index contributed by atoms with van der Waals surface area (Å²) in [6, 6.07) is 2.16. The van der Waals surface area contributed by atoms with Crippen LogP contribution in [-0.4, -0.2) is 34.0 Å². The Morgan fingerprint density at radius 3 is 2.35 bits per heavy atom. The van der Waals surface area contributed by atoms with Crippen LogP contribution in [0.5, 0.6) is 0 Å². The quantitative estimate of drug-likeness (QED) is 0.622. The number of likely N-dealkylation sites (N-methyl/N-ethyl adjacent to an activating group) is 1. The number of aliphatic carboxylic acids is 1. The minimum Gasteiger partial charge on any atom is -0.480 e. The van der Waals surface area contributed by atoms with Crippen LogP contribution in [0.1, 0.15) is 13.3 Å². The highest BCUT2D eigenvalue weighted by Gasteiger charge is 2.28. The minimum absolute atomic E-state index is 0.0230. The van der Waals surface area contributed by atoms with Gasteiger partial charge in [0.2, 0.25) is 0 Å². The third-order valence-electron chi connectivity index (χ3n) is 2.89. The van der Waals surface area contributed by atoms with Gasteiger partial charge in [-0.2, -0.15) is 0 Å². The Labute approximate surface area is 113 Å². The molecule has 0 aliphatic heterocycles. The maximum atomic E-state index is 11.1. The first-order chi connectivity index (χ1) is 9.29. The Morgan fingerprint density at radius 2 is 1.95 bits per heavy atom. The highest BCUT2D eigenvalue weighted by atomic mass is 16.6.